The molecule has 2 aliphatic rings. The van der Waals surface area contributed by atoms with Gasteiger partial charge < -0.3 is 9.80 Å². The molecule has 2 atom stereocenters. The van der Waals surface area contributed by atoms with Crippen LogP contribution in [0.3, 0.4) is 0 Å². The molecule has 2 fully saturated rings. The Morgan fingerprint density at radius 2 is 2.05 bits per heavy atom. The van der Waals surface area contributed by atoms with E-state index in [1.807, 2.05) is 18.2 Å². The first kappa shape index (κ1) is 13.8. The molecule has 116 valence electrons. The van der Waals surface area contributed by atoms with Gasteiger partial charge in [0.15, 0.2) is 0 Å². The summed E-state index contributed by atoms with van der Waals surface area (Å²) in [6, 6.07) is 6.71. The molecule has 0 unspecified atom stereocenters. The Balaban J connectivity index is 1.65. The third-order valence-corrected chi connectivity index (χ3v) is 5.30. The standard InChI is InChI=1S/C17H22N4O/c1-20-9-3-7-15(20)16-8-4-10-21(16)17(22)12-5-2-6-14-13(12)11-18-19-14/h2,5-6,11,15-16H,3-4,7-10H2,1H3,(H,18,19)/t15-,16+/m0/s1. The van der Waals surface area contributed by atoms with Crippen LogP contribution in [0.25, 0.3) is 10.9 Å². The Morgan fingerprint density at radius 1 is 1.23 bits per heavy atom. The van der Waals surface area contributed by atoms with Crippen LogP contribution in [-0.2, 0) is 0 Å². The molecule has 0 bridgehead atoms. The number of aromatic nitrogens is 2. The van der Waals surface area contributed by atoms with E-state index < -0.39 is 0 Å². The van der Waals surface area contributed by atoms with E-state index >= 15 is 0 Å². The van der Waals surface area contributed by atoms with Crippen molar-refractivity contribution in [1.82, 2.24) is 20.0 Å². The van der Waals surface area contributed by atoms with Crippen molar-refractivity contribution in [3.05, 3.63) is 30.0 Å². The number of carbonyl (C=O) groups is 1. The summed E-state index contributed by atoms with van der Waals surface area (Å²) in [7, 11) is 2.19. The van der Waals surface area contributed by atoms with Gasteiger partial charge in [-0.2, -0.15) is 5.10 Å². The van der Waals surface area contributed by atoms with Crippen molar-refractivity contribution in [2.24, 2.45) is 0 Å². The first-order chi connectivity index (χ1) is 10.8. The fraction of sp³-hybridized carbons (Fsp3) is 0.529. The van der Waals surface area contributed by atoms with E-state index in [-0.39, 0.29) is 5.91 Å². The minimum absolute atomic E-state index is 0.162. The predicted molar refractivity (Wildman–Crippen MR) is 85.8 cm³/mol. The highest BCUT2D eigenvalue weighted by atomic mass is 16.2. The summed E-state index contributed by atoms with van der Waals surface area (Å²) < 4.78 is 0. The molecule has 0 aliphatic carbocycles. The lowest BCUT2D eigenvalue weighted by molar-refractivity contribution is 0.0666. The van der Waals surface area contributed by atoms with Crippen LogP contribution in [0.4, 0.5) is 0 Å². The van der Waals surface area contributed by atoms with Gasteiger partial charge in [0.1, 0.15) is 0 Å². The van der Waals surface area contributed by atoms with E-state index in [0.29, 0.717) is 12.1 Å². The molecule has 0 saturated carbocycles. The minimum Gasteiger partial charge on any atom is -0.334 e. The molecular formula is C17H22N4O. The molecule has 0 spiro atoms. The summed E-state index contributed by atoms with van der Waals surface area (Å²) >= 11 is 0. The first-order valence-corrected chi connectivity index (χ1v) is 8.19. The molecule has 1 aromatic carbocycles. The molecule has 22 heavy (non-hydrogen) atoms. The lowest BCUT2D eigenvalue weighted by Gasteiger charge is -2.33. The smallest absolute Gasteiger partial charge is 0.254 e. The van der Waals surface area contributed by atoms with Crippen LogP contribution in [0.2, 0.25) is 0 Å². The van der Waals surface area contributed by atoms with Gasteiger partial charge in [0, 0.05) is 24.0 Å². The number of benzene rings is 1. The number of nitrogens with one attached hydrogen (secondary N) is 1. The van der Waals surface area contributed by atoms with Gasteiger partial charge in [0.2, 0.25) is 0 Å². The minimum atomic E-state index is 0.162. The van der Waals surface area contributed by atoms with Crippen LogP contribution in [0.5, 0.6) is 0 Å². The van der Waals surface area contributed by atoms with Crippen LogP contribution in [0.1, 0.15) is 36.0 Å². The molecule has 5 nitrogen and oxygen atoms in total. The highest BCUT2D eigenvalue weighted by Gasteiger charge is 2.38. The fourth-order valence-corrected chi connectivity index (χ4v) is 4.18. The van der Waals surface area contributed by atoms with Crippen LogP contribution in [-0.4, -0.2) is 58.1 Å². The summed E-state index contributed by atoms with van der Waals surface area (Å²) in [5.74, 6) is 0.162. The van der Waals surface area contributed by atoms with E-state index in [1.54, 1.807) is 6.20 Å². The van der Waals surface area contributed by atoms with Crippen molar-refractivity contribution in [1.29, 1.82) is 0 Å². The Kier molecular flexibility index (Phi) is 3.37. The molecule has 1 aromatic heterocycles. The zero-order valence-electron chi connectivity index (χ0n) is 13.0. The number of likely N-dealkylation sites (tertiary alicyclic amines) is 2. The Labute approximate surface area is 130 Å². The van der Waals surface area contributed by atoms with Gasteiger partial charge in [0.25, 0.3) is 5.91 Å². The second-order valence-corrected chi connectivity index (χ2v) is 6.54. The van der Waals surface area contributed by atoms with Gasteiger partial charge in [-0.25, -0.2) is 0 Å². The number of hydrogen-bond donors (Lipinski definition) is 1. The number of nitrogens with zero attached hydrogens (tertiary/aromatic N) is 3. The molecule has 1 amide bonds. The van der Waals surface area contributed by atoms with Crippen LogP contribution in [0, 0.1) is 0 Å². The van der Waals surface area contributed by atoms with Gasteiger partial charge in [0.05, 0.1) is 17.3 Å². The molecule has 5 heteroatoms. The first-order valence-electron chi connectivity index (χ1n) is 8.19. The topological polar surface area (TPSA) is 52.2 Å². The van der Waals surface area contributed by atoms with Gasteiger partial charge >= 0.3 is 0 Å². The van der Waals surface area contributed by atoms with Gasteiger partial charge in [-0.15, -0.1) is 0 Å². The largest absolute Gasteiger partial charge is 0.334 e. The number of carbonyl (C=O) groups excluding carboxylic acids is 1. The van der Waals surface area contributed by atoms with E-state index in [9.17, 15) is 4.79 Å². The van der Waals surface area contributed by atoms with Gasteiger partial charge in [-0.05, 0) is 51.4 Å². The Morgan fingerprint density at radius 3 is 2.86 bits per heavy atom. The Bertz CT molecular complexity index is 695. The average Bonchev–Trinajstić information content (AvgIpc) is 3.25. The molecule has 0 radical (unpaired) electrons. The van der Waals surface area contributed by atoms with Crippen LogP contribution < -0.4 is 0 Å². The van der Waals surface area contributed by atoms with E-state index in [1.165, 1.54) is 12.8 Å². The van der Waals surface area contributed by atoms with Gasteiger partial charge in [-0.3, -0.25) is 9.89 Å². The van der Waals surface area contributed by atoms with Crippen molar-refractivity contribution in [3.63, 3.8) is 0 Å². The molecule has 4 rings (SSSR count). The van der Waals surface area contributed by atoms with Crippen LogP contribution in [0.15, 0.2) is 24.4 Å². The third kappa shape index (κ3) is 2.11. The molecular weight excluding hydrogens is 276 g/mol. The summed E-state index contributed by atoms with van der Waals surface area (Å²) in [4.78, 5) is 17.6. The number of H-pyrrole nitrogens is 1. The van der Waals surface area contributed by atoms with E-state index in [4.69, 9.17) is 0 Å². The zero-order valence-corrected chi connectivity index (χ0v) is 13.0. The molecule has 2 aliphatic heterocycles. The number of aromatic amines is 1. The lowest BCUT2D eigenvalue weighted by atomic mass is 10.0. The van der Waals surface area contributed by atoms with Crippen molar-refractivity contribution >= 4 is 16.8 Å². The normalized spacial score (nSPS) is 26.1. The van der Waals surface area contributed by atoms with Crippen molar-refractivity contribution in [2.45, 2.75) is 37.8 Å². The molecule has 2 aromatic rings. The fourth-order valence-electron chi connectivity index (χ4n) is 4.18. The van der Waals surface area contributed by atoms with Crippen molar-refractivity contribution in [3.8, 4) is 0 Å². The highest BCUT2D eigenvalue weighted by Crippen LogP contribution is 2.31. The van der Waals surface area contributed by atoms with Gasteiger partial charge in [-0.1, -0.05) is 6.07 Å². The van der Waals surface area contributed by atoms with Crippen molar-refractivity contribution < 1.29 is 4.79 Å². The Hall–Kier alpha value is -1.88. The predicted octanol–water partition coefficient (Wildman–Crippen LogP) is 2.26. The summed E-state index contributed by atoms with van der Waals surface area (Å²) in [6.07, 6.45) is 6.46. The van der Waals surface area contributed by atoms with E-state index in [0.717, 1.165) is 42.4 Å². The average molecular weight is 298 g/mol. The quantitative estimate of drug-likeness (QED) is 0.925. The zero-order chi connectivity index (χ0) is 15.1. The van der Waals surface area contributed by atoms with E-state index in [2.05, 4.69) is 27.0 Å². The number of fused-ring (bicyclic) bond motifs is 1. The SMILES string of the molecule is CN1CCC[C@H]1[C@H]1CCCN1C(=O)c1cccc2[nH]ncc12. The maximum absolute atomic E-state index is 13.1. The van der Waals surface area contributed by atoms with Crippen molar-refractivity contribution in [2.75, 3.05) is 20.1 Å². The maximum Gasteiger partial charge on any atom is 0.254 e. The monoisotopic (exact) mass is 298 g/mol. The summed E-state index contributed by atoms with van der Waals surface area (Å²) in [5.41, 5.74) is 1.71. The molecule has 2 saturated heterocycles. The third-order valence-electron chi connectivity index (χ3n) is 5.30. The summed E-state index contributed by atoms with van der Waals surface area (Å²) in [6.45, 7) is 2.03. The number of rotatable bonds is 2. The number of amides is 1. The highest BCUT2D eigenvalue weighted by molar-refractivity contribution is 6.06. The molecule has 1 N–H and O–H groups in total. The van der Waals surface area contributed by atoms with Crippen LogP contribution >= 0.6 is 0 Å². The number of hydrogen-bond acceptors (Lipinski definition) is 3. The lowest BCUT2D eigenvalue weighted by Crippen LogP contribution is -2.47. The second kappa shape index (κ2) is 5.39. The summed E-state index contributed by atoms with van der Waals surface area (Å²) in [5, 5.41) is 7.95. The second-order valence-electron chi connectivity index (χ2n) is 6.54. The number of likely N-dealkylation sites (N-methyl/N-ethyl adjacent to an activating group) is 1. The maximum atomic E-state index is 13.1. The molecule has 3 heterocycles.